The predicted octanol–water partition coefficient (Wildman–Crippen LogP) is 3.98. The van der Waals surface area contributed by atoms with Gasteiger partial charge in [0.15, 0.2) is 0 Å². The smallest absolute Gasteiger partial charge is 0.274 e. The quantitative estimate of drug-likeness (QED) is 0.932. The molecule has 5 heteroatoms. The summed E-state index contributed by atoms with van der Waals surface area (Å²) in [7, 11) is 0. The van der Waals surface area contributed by atoms with Crippen molar-refractivity contribution in [3.63, 3.8) is 0 Å². The highest BCUT2D eigenvalue weighted by molar-refractivity contribution is 6.30. The highest BCUT2D eigenvalue weighted by Gasteiger charge is 2.13. The van der Waals surface area contributed by atoms with Crippen LogP contribution in [-0.4, -0.2) is 24.0 Å². The van der Waals surface area contributed by atoms with Gasteiger partial charge in [-0.05, 0) is 49.6 Å². The number of nitrogens with one attached hydrogen (secondary N) is 1. The Morgan fingerprint density at radius 1 is 1.14 bits per heavy atom. The molecule has 0 saturated carbocycles. The fraction of sp³-hybridized carbons (Fsp3) is 0.294. The van der Waals surface area contributed by atoms with Crippen molar-refractivity contribution >= 4 is 28.9 Å². The Bertz CT molecular complexity index is 651. The zero-order valence-electron chi connectivity index (χ0n) is 12.3. The first-order chi connectivity index (χ1) is 10.7. The number of benzene rings is 1. The molecule has 4 nitrogen and oxygen atoms in total. The summed E-state index contributed by atoms with van der Waals surface area (Å²) in [6.45, 7) is 2.13. The number of hydrogen-bond donors (Lipinski definition) is 1. The Morgan fingerprint density at radius 2 is 1.95 bits per heavy atom. The molecular weight excluding hydrogens is 298 g/mol. The van der Waals surface area contributed by atoms with E-state index in [0.717, 1.165) is 18.8 Å². The fourth-order valence-corrected chi connectivity index (χ4v) is 2.81. The van der Waals surface area contributed by atoms with E-state index in [1.807, 2.05) is 6.07 Å². The Labute approximate surface area is 135 Å². The van der Waals surface area contributed by atoms with Crippen LogP contribution in [0.3, 0.4) is 0 Å². The first-order valence-electron chi connectivity index (χ1n) is 7.50. The van der Waals surface area contributed by atoms with Crippen LogP contribution in [0.2, 0.25) is 5.02 Å². The van der Waals surface area contributed by atoms with Crippen LogP contribution in [0.25, 0.3) is 0 Å². The van der Waals surface area contributed by atoms with Crippen LogP contribution in [0.15, 0.2) is 42.6 Å². The van der Waals surface area contributed by atoms with Crippen molar-refractivity contribution in [2.75, 3.05) is 23.3 Å². The third-order valence-electron chi connectivity index (χ3n) is 3.78. The maximum atomic E-state index is 12.2. The average molecular weight is 316 g/mol. The van der Waals surface area contributed by atoms with E-state index < -0.39 is 0 Å². The molecule has 22 heavy (non-hydrogen) atoms. The van der Waals surface area contributed by atoms with Crippen molar-refractivity contribution in [1.29, 1.82) is 0 Å². The van der Waals surface area contributed by atoms with Gasteiger partial charge in [-0.15, -0.1) is 0 Å². The molecule has 114 valence electrons. The van der Waals surface area contributed by atoms with E-state index in [9.17, 15) is 4.79 Å². The molecule has 1 amide bonds. The number of halogens is 1. The van der Waals surface area contributed by atoms with Gasteiger partial charge in [0.2, 0.25) is 0 Å². The molecule has 1 aliphatic heterocycles. The molecule has 2 heterocycles. The maximum Gasteiger partial charge on any atom is 0.274 e. The van der Waals surface area contributed by atoms with E-state index in [1.54, 1.807) is 36.5 Å². The summed E-state index contributed by atoms with van der Waals surface area (Å²) in [6.07, 6.45) is 5.51. The molecule has 3 rings (SSSR count). The second-order valence-electron chi connectivity index (χ2n) is 5.41. The summed E-state index contributed by atoms with van der Waals surface area (Å²) in [5.74, 6) is -0.229. The number of piperidine rings is 1. The lowest BCUT2D eigenvalue weighted by molar-refractivity contribution is 0.102. The number of carbonyl (C=O) groups excluding carboxylic acids is 1. The molecule has 1 aliphatic rings. The Morgan fingerprint density at radius 3 is 2.64 bits per heavy atom. The van der Waals surface area contributed by atoms with Crippen LogP contribution in [0, 0.1) is 0 Å². The van der Waals surface area contributed by atoms with Gasteiger partial charge in [-0.3, -0.25) is 4.79 Å². The maximum absolute atomic E-state index is 12.2. The molecule has 1 saturated heterocycles. The van der Waals surface area contributed by atoms with Gasteiger partial charge < -0.3 is 10.2 Å². The fourth-order valence-electron chi connectivity index (χ4n) is 2.62. The number of aromatic nitrogens is 1. The molecule has 2 aromatic rings. The lowest BCUT2D eigenvalue weighted by atomic mass is 10.1. The van der Waals surface area contributed by atoms with Crippen LogP contribution < -0.4 is 10.2 Å². The third kappa shape index (κ3) is 3.57. The Hall–Kier alpha value is -2.07. The topological polar surface area (TPSA) is 45.2 Å². The molecule has 1 fully saturated rings. The number of nitrogens with zero attached hydrogens (tertiary/aromatic N) is 2. The summed E-state index contributed by atoms with van der Waals surface area (Å²) in [5, 5.41) is 3.39. The molecule has 0 radical (unpaired) electrons. The largest absolute Gasteiger partial charge is 0.370 e. The Kier molecular flexibility index (Phi) is 4.59. The number of amides is 1. The SMILES string of the molecule is O=C(Nc1cccc(Cl)c1)c1ccc(N2CCCCC2)cn1. The molecule has 0 bridgehead atoms. The molecular formula is C17H18ClN3O. The summed E-state index contributed by atoms with van der Waals surface area (Å²) in [4.78, 5) is 18.8. The van der Waals surface area contributed by atoms with E-state index in [0.29, 0.717) is 16.4 Å². The van der Waals surface area contributed by atoms with Crippen LogP contribution in [-0.2, 0) is 0 Å². The van der Waals surface area contributed by atoms with Crippen molar-refractivity contribution in [3.05, 3.63) is 53.3 Å². The molecule has 0 aliphatic carbocycles. The molecule has 0 spiro atoms. The monoisotopic (exact) mass is 315 g/mol. The van der Waals surface area contributed by atoms with Crippen molar-refractivity contribution in [2.45, 2.75) is 19.3 Å². The highest BCUT2D eigenvalue weighted by Crippen LogP contribution is 2.20. The second kappa shape index (κ2) is 6.79. The zero-order chi connectivity index (χ0) is 15.4. The van der Waals surface area contributed by atoms with Gasteiger partial charge in [-0.2, -0.15) is 0 Å². The number of rotatable bonds is 3. The first-order valence-corrected chi connectivity index (χ1v) is 7.88. The van der Waals surface area contributed by atoms with Gasteiger partial charge >= 0.3 is 0 Å². The normalized spacial score (nSPS) is 14.7. The standard InChI is InChI=1S/C17H18ClN3O/c18-13-5-4-6-14(11-13)20-17(22)16-8-7-15(12-19-16)21-9-2-1-3-10-21/h4-8,11-12H,1-3,9-10H2,(H,20,22). The second-order valence-corrected chi connectivity index (χ2v) is 5.85. The molecule has 1 aromatic heterocycles. The summed E-state index contributed by atoms with van der Waals surface area (Å²) in [5.41, 5.74) is 2.15. The molecule has 1 N–H and O–H groups in total. The van der Waals surface area contributed by atoms with Crippen molar-refractivity contribution in [2.24, 2.45) is 0 Å². The van der Waals surface area contributed by atoms with E-state index in [2.05, 4.69) is 15.2 Å². The van der Waals surface area contributed by atoms with Crippen LogP contribution >= 0.6 is 11.6 Å². The summed E-state index contributed by atoms with van der Waals surface area (Å²) >= 11 is 5.91. The molecule has 0 atom stereocenters. The van der Waals surface area contributed by atoms with Gasteiger partial charge in [0, 0.05) is 23.8 Å². The van der Waals surface area contributed by atoms with E-state index in [-0.39, 0.29) is 5.91 Å². The summed E-state index contributed by atoms with van der Waals surface area (Å²) in [6, 6.07) is 10.8. The van der Waals surface area contributed by atoms with E-state index in [1.165, 1.54) is 19.3 Å². The zero-order valence-corrected chi connectivity index (χ0v) is 13.0. The van der Waals surface area contributed by atoms with Gasteiger partial charge in [-0.25, -0.2) is 4.98 Å². The lowest BCUT2D eigenvalue weighted by Crippen LogP contribution is -2.29. The van der Waals surface area contributed by atoms with E-state index >= 15 is 0 Å². The number of hydrogen-bond acceptors (Lipinski definition) is 3. The van der Waals surface area contributed by atoms with Gasteiger partial charge in [-0.1, -0.05) is 17.7 Å². The average Bonchev–Trinajstić information content (AvgIpc) is 2.56. The van der Waals surface area contributed by atoms with Crippen molar-refractivity contribution in [3.8, 4) is 0 Å². The molecule has 1 aromatic carbocycles. The van der Waals surface area contributed by atoms with Crippen LogP contribution in [0.5, 0.6) is 0 Å². The van der Waals surface area contributed by atoms with E-state index in [4.69, 9.17) is 11.6 Å². The minimum Gasteiger partial charge on any atom is -0.370 e. The number of anilines is 2. The van der Waals surface area contributed by atoms with Gasteiger partial charge in [0.1, 0.15) is 5.69 Å². The van der Waals surface area contributed by atoms with Crippen LogP contribution in [0.1, 0.15) is 29.8 Å². The third-order valence-corrected chi connectivity index (χ3v) is 4.02. The summed E-state index contributed by atoms with van der Waals surface area (Å²) < 4.78 is 0. The first kappa shape index (κ1) is 14.9. The Balaban J connectivity index is 1.68. The predicted molar refractivity (Wildman–Crippen MR) is 89.7 cm³/mol. The minimum absolute atomic E-state index is 0.229. The van der Waals surface area contributed by atoms with Crippen LogP contribution in [0.4, 0.5) is 11.4 Å². The van der Waals surface area contributed by atoms with Gasteiger partial charge in [0.25, 0.3) is 5.91 Å². The highest BCUT2D eigenvalue weighted by atomic mass is 35.5. The number of pyridine rings is 1. The lowest BCUT2D eigenvalue weighted by Gasteiger charge is -2.28. The molecule has 0 unspecified atom stereocenters. The minimum atomic E-state index is -0.229. The van der Waals surface area contributed by atoms with Gasteiger partial charge in [0.05, 0.1) is 11.9 Å². The van der Waals surface area contributed by atoms with Crippen molar-refractivity contribution in [1.82, 2.24) is 4.98 Å². The van der Waals surface area contributed by atoms with Crippen molar-refractivity contribution < 1.29 is 4.79 Å². The number of carbonyl (C=O) groups is 1.